The van der Waals surface area contributed by atoms with E-state index in [0.717, 1.165) is 17.3 Å². The molecule has 1 aromatic heterocycles. The molecule has 2 aromatic rings. The average molecular weight is 290 g/mol. The molecule has 2 N–H and O–H groups in total. The van der Waals surface area contributed by atoms with Crippen LogP contribution in [0.4, 0.5) is 0 Å². The van der Waals surface area contributed by atoms with Crippen molar-refractivity contribution < 1.29 is 0 Å². The Labute approximate surface area is 124 Å². The lowest BCUT2D eigenvalue weighted by atomic mass is 10.1. The highest BCUT2D eigenvalue weighted by molar-refractivity contribution is 8.03. The summed E-state index contributed by atoms with van der Waals surface area (Å²) in [4.78, 5) is 4.52. The summed E-state index contributed by atoms with van der Waals surface area (Å²) in [5.41, 5.74) is 7.47. The summed E-state index contributed by atoms with van der Waals surface area (Å²) in [7, 11) is 0. The van der Waals surface area contributed by atoms with Gasteiger partial charge in [0.25, 0.3) is 0 Å². The minimum absolute atomic E-state index is 0.0107. The molecule has 0 saturated heterocycles. The van der Waals surface area contributed by atoms with Crippen LogP contribution in [0.5, 0.6) is 0 Å². The Bertz CT molecular complexity index is 958. The van der Waals surface area contributed by atoms with Crippen LogP contribution in [0.1, 0.15) is 0 Å². The van der Waals surface area contributed by atoms with E-state index >= 15 is 0 Å². The summed E-state index contributed by atoms with van der Waals surface area (Å²) in [6.07, 6.45) is 0. The first kappa shape index (κ1) is 12.8. The second-order valence-corrected chi connectivity index (χ2v) is 5.10. The molecule has 98 valence electrons. The van der Waals surface area contributed by atoms with Crippen LogP contribution in [0.2, 0.25) is 0 Å². The molecule has 2 heterocycles. The van der Waals surface area contributed by atoms with Crippen LogP contribution < -0.4 is 5.73 Å². The maximum atomic E-state index is 9.31. The second-order valence-electron chi connectivity index (χ2n) is 4.12. The van der Waals surface area contributed by atoms with Crippen molar-refractivity contribution in [2.45, 2.75) is 5.16 Å². The molecule has 1 aromatic carbocycles. The third-order valence-electron chi connectivity index (χ3n) is 3.02. The molecule has 1 aliphatic rings. The zero-order valence-corrected chi connectivity index (χ0v) is 11.3. The maximum absolute atomic E-state index is 9.31. The van der Waals surface area contributed by atoms with Crippen LogP contribution >= 0.6 is 11.8 Å². The standard InChI is InChI=1S/C14H6N6S/c15-5-8-9(6-16)13(18)20-11-4-2-1-3-10(11)19-14(20)21-12(8)7-17/h1-4H,18H2. The number of nitrogens with two attached hydrogens (primary N) is 1. The SMILES string of the molecule is N#CC1=C(C#N)C(C#N)=C(N)n2c(nc3ccccc32)S1. The summed E-state index contributed by atoms with van der Waals surface area (Å²) in [5, 5.41) is 28.2. The number of para-hydroxylation sites is 2. The first-order chi connectivity index (χ1) is 10.2. The molecule has 0 saturated carbocycles. The van der Waals surface area contributed by atoms with Crippen LogP contribution in [0.3, 0.4) is 0 Å². The number of rotatable bonds is 0. The molecule has 0 aliphatic carbocycles. The van der Waals surface area contributed by atoms with Gasteiger partial charge in [0.1, 0.15) is 34.5 Å². The summed E-state index contributed by atoms with van der Waals surface area (Å²) in [6.45, 7) is 0. The van der Waals surface area contributed by atoms with Crippen molar-refractivity contribution in [3.8, 4) is 18.2 Å². The molecule has 0 fully saturated rings. The Balaban J connectivity index is 2.45. The highest BCUT2D eigenvalue weighted by Crippen LogP contribution is 2.37. The third-order valence-corrected chi connectivity index (χ3v) is 3.98. The number of allylic oxidation sites excluding steroid dienone is 3. The van der Waals surface area contributed by atoms with Gasteiger partial charge in [-0.25, -0.2) is 4.98 Å². The Kier molecular flexibility index (Phi) is 2.88. The number of nitriles is 3. The fraction of sp³-hybridized carbons (Fsp3) is 0. The lowest BCUT2D eigenvalue weighted by molar-refractivity contribution is 0.926. The number of hydrogen-bond donors (Lipinski definition) is 1. The van der Waals surface area contributed by atoms with Crippen molar-refractivity contribution in [3.63, 3.8) is 0 Å². The van der Waals surface area contributed by atoms with Crippen LogP contribution in [0.15, 0.2) is 45.5 Å². The molecule has 6 nitrogen and oxygen atoms in total. The molecular weight excluding hydrogens is 284 g/mol. The van der Waals surface area contributed by atoms with Crippen LogP contribution in [0.25, 0.3) is 16.9 Å². The largest absolute Gasteiger partial charge is 0.384 e. The third kappa shape index (κ3) is 1.75. The fourth-order valence-corrected chi connectivity index (χ4v) is 3.01. The van der Waals surface area contributed by atoms with E-state index in [1.54, 1.807) is 4.57 Å². The molecule has 0 radical (unpaired) electrons. The number of hydrogen-bond acceptors (Lipinski definition) is 6. The van der Waals surface area contributed by atoms with Gasteiger partial charge in [-0.3, -0.25) is 4.57 Å². The van der Waals surface area contributed by atoms with Gasteiger partial charge in [-0.1, -0.05) is 12.1 Å². The van der Waals surface area contributed by atoms with Gasteiger partial charge in [-0.2, -0.15) is 15.8 Å². The van der Waals surface area contributed by atoms with Crippen LogP contribution in [0, 0.1) is 34.0 Å². The van der Waals surface area contributed by atoms with E-state index in [4.69, 9.17) is 5.73 Å². The summed E-state index contributed by atoms with van der Waals surface area (Å²) in [5.74, 6) is 0.107. The number of aromatic nitrogens is 2. The normalized spacial score (nSPS) is 14.1. The monoisotopic (exact) mass is 290 g/mol. The molecule has 0 unspecified atom stereocenters. The van der Waals surface area contributed by atoms with Crippen molar-refractivity contribution in [1.29, 1.82) is 15.8 Å². The number of fused-ring (bicyclic) bond motifs is 3. The minimum Gasteiger partial charge on any atom is -0.384 e. The van der Waals surface area contributed by atoms with E-state index in [0.29, 0.717) is 10.7 Å². The molecule has 1 aliphatic heterocycles. The van der Waals surface area contributed by atoms with E-state index < -0.39 is 0 Å². The molecule has 21 heavy (non-hydrogen) atoms. The highest BCUT2D eigenvalue weighted by Gasteiger charge is 2.26. The Morgan fingerprint density at radius 3 is 2.43 bits per heavy atom. The number of imidazole rings is 1. The topological polar surface area (TPSA) is 115 Å². The lowest BCUT2D eigenvalue weighted by Crippen LogP contribution is -2.10. The summed E-state index contributed by atoms with van der Waals surface area (Å²) in [6, 6.07) is 13.0. The number of thioether (sulfide) groups is 1. The average Bonchev–Trinajstić information content (AvgIpc) is 2.82. The summed E-state index contributed by atoms with van der Waals surface area (Å²) >= 11 is 1.03. The zero-order valence-electron chi connectivity index (χ0n) is 10.5. The Hall–Kier alpha value is -3.21. The van der Waals surface area contributed by atoms with Crippen LogP contribution in [-0.2, 0) is 0 Å². The van der Waals surface area contributed by atoms with E-state index in [1.165, 1.54) is 0 Å². The molecule has 0 spiro atoms. The molecule has 3 rings (SSSR count). The first-order valence-corrected chi connectivity index (χ1v) is 6.63. The number of benzene rings is 1. The van der Waals surface area contributed by atoms with E-state index in [-0.39, 0.29) is 21.9 Å². The molecule has 0 atom stereocenters. The van der Waals surface area contributed by atoms with Crippen molar-refractivity contribution in [3.05, 3.63) is 40.3 Å². The smallest absolute Gasteiger partial charge is 0.180 e. The van der Waals surface area contributed by atoms with Crippen molar-refractivity contribution in [2.24, 2.45) is 5.73 Å². The van der Waals surface area contributed by atoms with Gasteiger partial charge in [0.05, 0.1) is 16.6 Å². The van der Waals surface area contributed by atoms with Gasteiger partial charge < -0.3 is 5.73 Å². The van der Waals surface area contributed by atoms with E-state index in [9.17, 15) is 15.8 Å². The van der Waals surface area contributed by atoms with Crippen LogP contribution in [-0.4, -0.2) is 9.55 Å². The Morgan fingerprint density at radius 1 is 1.05 bits per heavy atom. The van der Waals surface area contributed by atoms with E-state index in [2.05, 4.69) is 4.98 Å². The van der Waals surface area contributed by atoms with E-state index in [1.807, 2.05) is 42.5 Å². The van der Waals surface area contributed by atoms with Crippen molar-refractivity contribution >= 4 is 28.6 Å². The van der Waals surface area contributed by atoms with Gasteiger partial charge in [-0.05, 0) is 23.9 Å². The van der Waals surface area contributed by atoms with Gasteiger partial charge >= 0.3 is 0 Å². The predicted molar refractivity (Wildman–Crippen MR) is 76.9 cm³/mol. The lowest BCUT2D eigenvalue weighted by Gasteiger charge is -2.06. The highest BCUT2D eigenvalue weighted by atomic mass is 32.2. The van der Waals surface area contributed by atoms with Crippen molar-refractivity contribution in [1.82, 2.24) is 9.55 Å². The van der Waals surface area contributed by atoms with Gasteiger partial charge in [0.15, 0.2) is 5.16 Å². The quantitative estimate of drug-likeness (QED) is 0.794. The molecule has 0 amide bonds. The minimum atomic E-state index is -0.0166. The second kappa shape index (κ2) is 4.72. The first-order valence-electron chi connectivity index (χ1n) is 5.81. The maximum Gasteiger partial charge on any atom is 0.180 e. The van der Waals surface area contributed by atoms with Crippen molar-refractivity contribution in [2.75, 3.05) is 0 Å². The molecular formula is C14H6N6S. The fourth-order valence-electron chi connectivity index (χ4n) is 2.10. The summed E-state index contributed by atoms with van der Waals surface area (Å²) < 4.78 is 1.60. The van der Waals surface area contributed by atoms with Gasteiger partial charge in [0.2, 0.25) is 0 Å². The number of nitrogens with zero attached hydrogens (tertiary/aromatic N) is 5. The zero-order chi connectivity index (χ0) is 15.0. The van der Waals surface area contributed by atoms with Gasteiger partial charge in [0, 0.05) is 0 Å². The molecule has 0 bridgehead atoms. The van der Waals surface area contributed by atoms with Gasteiger partial charge in [-0.15, -0.1) is 0 Å². The predicted octanol–water partition coefficient (Wildman–Crippen LogP) is 2.09. The Morgan fingerprint density at radius 2 is 1.76 bits per heavy atom. The molecule has 7 heteroatoms.